The third-order valence-corrected chi connectivity index (χ3v) is 4.40. The summed E-state index contributed by atoms with van der Waals surface area (Å²) in [5, 5.41) is 5.82. The molecule has 2 unspecified atom stereocenters. The monoisotopic (exact) mass is 490 g/mol. The third-order valence-electron chi connectivity index (χ3n) is 4.17. The average molecular weight is 490 g/mol. The highest BCUT2D eigenvalue weighted by Crippen LogP contribution is 2.33. The second kappa shape index (κ2) is 12.3. The predicted octanol–water partition coefficient (Wildman–Crippen LogP) is 4.17. The van der Waals surface area contributed by atoms with Crippen molar-refractivity contribution in [3.05, 3.63) is 64.7 Å². The molecule has 2 aromatic rings. The van der Waals surface area contributed by atoms with Crippen LogP contribution in [0.25, 0.3) is 0 Å². The van der Waals surface area contributed by atoms with Gasteiger partial charge in [-0.3, -0.25) is 0 Å². The molecule has 0 aromatic heterocycles. The number of esters is 1. The van der Waals surface area contributed by atoms with Crippen LogP contribution in [0, 0.1) is 18.8 Å². The summed E-state index contributed by atoms with van der Waals surface area (Å²) in [7, 11) is 6.49. The van der Waals surface area contributed by atoms with E-state index in [9.17, 15) is 9.18 Å². The van der Waals surface area contributed by atoms with Gasteiger partial charge < -0.3 is 19.1 Å². The number of para-hydroxylation sites is 1. The Kier molecular flexibility index (Phi) is 9.78. The number of benzene rings is 2. The van der Waals surface area contributed by atoms with E-state index in [0.717, 1.165) is 5.56 Å². The second-order valence-corrected chi connectivity index (χ2v) is 8.95. The van der Waals surface area contributed by atoms with Gasteiger partial charge in [0.1, 0.15) is 25.2 Å². The zero-order valence-electron chi connectivity index (χ0n) is 18.7. The molecule has 0 saturated carbocycles. The van der Waals surface area contributed by atoms with E-state index in [-0.39, 0.29) is 12.3 Å². The van der Waals surface area contributed by atoms with Crippen LogP contribution in [0.1, 0.15) is 29.2 Å². The number of ether oxygens (including phenoxy) is 2. The Morgan fingerprint density at radius 3 is 2.52 bits per heavy atom. The number of aryl methyl sites for hydroxylation is 1. The topological polar surface area (TPSA) is 78.7 Å². The van der Waals surface area contributed by atoms with E-state index in [1.165, 1.54) is 14.2 Å². The van der Waals surface area contributed by atoms with Gasteiger partial charge in [-0.2, -0.15) is 4.39 Å². The Bertz CT molecular complexity index is 1120. The van der Waals surface area contributed by atoms with Crippen molar-refractivity contribution in [2.24, 2.45) is 10.3 Å². The van der Waals surface area contributed by atoms with E-state index >= 15 is 0 Å². The summed E-state index contributed by atoms with van der Waals surface area (Å²) in [5.74, 6) is 5.41. The second-order valence-electron chi connectivity index (χ2n) is 6.71. The van der Waals surface area contributed by atoms with Crippen LogP contribution in [0.4, 0.5) is 4.39 Å². The predicted molar refractivity (Wildman–Crippen MR) is 132 cm³/mol. The summed E-state index contributed by atoms with van der Waals surface area (Å²) >= 11 is 0. The molecule has 0 aliphatic heterocycles. The van der Waals surface area contributed by atoms with E-state index in [0.29, 0.717) is 28.2 Å². The van der Waals surface area contributed by atoms with Crippen LogP contribution in [0.15, 0.2) is 52.8 Å². The van der Waals surface area contributed by atoms with Gasteiger partial charge in [0.25, 0.3) is 5.34 Å². The van der Waals surface area contributed by atoms with Crippen LogP contribution < -0.4 is 4.74 Å². The SMILES string of the molecule is CO/N=C(/C(=O)OC)c1cccc(C)c1CO/N=C(\C)C#Cc1ccccc1OC(F)(P)P. The maximum Gasteiger partial charge on any atom is 0.360 e. The molecule has 0 spiro atoms. The van der Waals surface area contributed by atoms with Crippen LogP contribution in [0.5, 0.6) is 5.75 Å². The first-order valence-corrected chi connectivity index (χ1v) is 10.8. The van der Waals surface area contributed by atoms with Gasteiger partial charge in [0.2, 0.25) is 0 Å². The number of methoxy groups -OCH3 is 1. The van der Waals surface area contributed by atoms with E-state index < -0.39 is 11.3 Å². The van der Waals surface area contributed by atoms with Gasteiger partial charge >= 0.3 is 5.97 Å². The molecular formula is C23H25FN2O5P2. The third kappa shape index (κ3) is 8.13. The van der Waals surface area contributed by atoms with Gasteiger partial charge in [0.05, 0.1) is 12.7 Å². The van der Waals surface area contributed by atoms with Crippen LogP contribution in [0.2, 0.25) is 0 Å². The van der Waals surface area contributed by atoms with Crippen molar-refractivity contribution in [2.45, 2.75) is 25.8 Å². The molecule has 33 heavy (non-hydrogen) atoms. The van der Waals surface area contributed by atoms with Crippen molar-refractivity contribution in [2.75, 3.05) is 14.2 Å². The lowest BCUT2D eigenvalue weighted by molar-refractivity contribution is -0.132. The maximum atomic E-state index is 13.8. The average Bonchev–Trinajstić information content (AvgIpc) is 2.76. The summed E-state index contributed by atoms with van der Waals surface area (Å²) in [4.78, 5) is 22.4. The van der Waals surface area contributed by atoms with Crippen LogP contribution in [0.3, 0.4) is 0 Å². The van der Waals surface area contributed by atoms with Gasteiger partial charge in [0.15, 0.2) is 5.71 Å². The summed E-state index contributed by atoms with van der Waals surface area (Å²) in [6.45, 7) is 3.61. The molecule has 174 valence electrons. The van der Waals surface area contributed by atoms with Crippen LogP contribution in [-0.2, 0) is 25.8 Å². The molecule has 7 nitrogen and oxygen atoms in total. The molecule has 0 fully saturated rings. The van der Waals surface area contributed by atoms with Gasteiger partial charge in [-0.05, 0) is 55.9 Å². The van der Waals surface area contributed by atoms with Gasteiger partial charge in [-0.1, -0.05) is 46.6 Å². The molecule has 2 atom stereocenters. The summed E-state index contributed by atoms with van der Waals surface area (Å²) in [5.41, 5.74) is 2.99. The number of carbonyl (C=O) groups excluding carboxylic acids is 1. The number of rotatable bonds is 8. The highest BCUT2D eigenvalue weighted by molar-refractivity contribution is 7.38. The van der Waals surface area contributed by atoms with Gasteiger partial charge in [0, 0.05) is 11.1 Å². The van der Waals surface area contributed by atoms with Crippen molar-refractivity contribution in [3.63, 3.8) is 0 Å². The molecule has 0 aliphatic carbocycles. The summed E-state index contributed by atoms with van der Waals surface area (Å²) in [6, 6.07) is 12.2. The minimum atomic E-state index is -2.00. The minimum Gasteiger partial charge on any atom is -0.464 e. The van der Waals surface area contributed by atoms with Crippen molar-refractivity contribution >= 4 is 35.9 Å². The molecule has 0 radical (unpaired) electrons. The number of carbonyl (C=O) groups is 1. The van der Waals surface area contributed by atoms with Crippen molar-refractivity contribution < 1.29 is 28.3 Å². The number of hydrogen-bond acceptors (Lipinski definition) is 7. The number of oxime groups is 2. The molecule has 0 saturated heterocycles. The Hall–Kier alpha value is -3.00. The highest BCUT2D eigenvalue weighted by atomic mass is 31.1. The summed E-state index contributed by atoms with van der Waals surface area (Å²) < 4.78 is 23.8. The molecule has 0 heterocycles. The van der Waals surface area contributed by atoms with Crippen molar-refractivity contribution in [1.29, 1.82) is 0 Å². The van der Waals surface area contributed by atoms with Crippen LogP contribution in [-0.4, -0.2) is 36.9 Å². The van der Waals surface area contributed by atoms with Crippen molar-refractivity contribution in [1.82, 2.24) is 0 Å². The standard InChI is InChI=1S/C23H25FN2O5P2/c1-15-8-7-10-18(21(26-29-4)22(27)28-3)19(15)14-30-25-16(2)12-13-17-9-5-6-11-20(17)31-23(24,32)33/h5-11H,14,32-33H2,1-4H3/b25-16+,26-21+. The van der Waals surface area contributed by atoms with E-state index in [4.69, 9.17) is 19.1 Å². The molecule has 0 N–H and O–H groups in total. The normalized spacial score (nSPS) is 11.8. The fourth-order valence-corrected chi connectivity index (χ4v) is 2.96. The van der Waals surface area contributed by atoms with Gasteiger partial charge in [-0.15, -0.1) is 0 Å². The smallest absolute Gasteiger partial charge is 0.360 e. The zero-order valence-corrected chi connectivity index (χ0v) is 21.0. The molecule has 10 heteroatoms. The first kappa shape index (κ1) is 26.3. The van der Waals surface area contributed by atoms with Crippen molar-refractivity contribution in [3.8, 4) is 17.6 Å². The Morgan fingerprint density at radius 2 is 1.85 bits per heavy atom. The number of halogens is 1. The van der Waals surface area contributed by atoms with Gasteiger partial charge in [-0.25, -0.2) is 4.79 Å². The molecule has 2 rings (SSSR count). The largest absolute Gasteiger partial charge is 0.464 e. The molecule has 0 bridgehead atoms. The minimum absolute atomic E-state index is 0.0199. The fourth-order valence-electron chi connectivity index (χ4n) is 2.70. The lowest BCUT2D eigenvalue weighted by atomic mass is 9.99. The Morgan fingerprint density at radius 1 is 1.12 bits per heavy atom. The maximum absolute atomic E-state index is 13.8. The molecule has 0 aliphatic rings. The lowest BCUT2D eigenvalue weighted by Gasteiger charge is -2.17. The number of nitrogens with zero attached hydrogens (tertiary/aromatic N) is 2. The zero-order chi connectivity index (χ0) is 24.4. The first-order valence-electron chi connectivity index (χ1n) is 9.68. The number of alkyl halides is 1. The Balaban J connectivity index is 2.21. The summed E-state index contributed by atoms with van der Waals surface area (Å²) in [6.07, 6.45) is 0. The van der Waals surface area contributed by atoms with E-state index in [1.807, 2.05) is 31.5 Å². The van der Waals surface area contributed by atoms with E-state index in [1.54, 1.807) is 43.3 Å². The lowest BCUT2D eigenvalue weighted by Crippen LogP contribution is -2.20. The fraction of sp³-hybridized carbons (Fsp3) is 0.261. The molecule has 2 aromatic carbocycles. The van der Waals surface area contributed by atoms with E-state index in [2.05, 4.69) is 22.2 Å². The quantitative estimate of drug-likeness (QED) is 0.183. The molecular weight excluding hydrogens is 465 g/mol. The number of hydrogen-bond donors (Lipinski definition) is 0. The Labute approximate surface area is 197 Å². The van der Waals surface area contributed by atoms with Crippen LogP contribution >= 0.6 is 18.5 Å². The first-order chi connectivity index (χ1) is 15.7. The highest BCUT2D eigenvalue weighted by Gasteiger charge is 2.21. The molecule has 0 amide bonds.